The summed E-state index contributed by atoms with van der Waals surface area (Å²) in [4.78, 5) is 28.9. The van der Waals surface area contributed by atoms with E-state index in [4.69, 9.17) is 26.8 Å². The fourth-order valence-electron chi connectivity index (χ4n) is 8.08. The molecule has 1 aliphatic carbocycles. The summed E-state index contributed by atoms with van der Waals surface area (Å²) < 4.78 is 55.3. The lowest BCUT2D eigenvalue weighted by atomic mass is 9.71. The van der Waals surface area contributed by atoms with Crippen molar-refractivity contribution in [1.82, 2.24) is 9.21 Å². The van der Waals surface area contributed by atoms with E-state index < -0.39 is 39.6 Å². The molecule has 0 spiro atoms. The molecular weight excluding hydrogens is 681 g/mol. The maximum absolute atomic E-state index is 15.6. The van der Waals surface area contributed by atoms with Crippen molar-refractivity contribution in [3.63, 3.8) is 0 Å². The summed E-state index contributed by atoms with van der Waals surface area (Å²) in [5.74, 6) is -0.695. The van der Waals surface area contributed by atoms with Gasteiger partial charge in [0.1, 0.15) is 11.4 Å². The Bertz CT molecular complexity index is 1590. The fraction of sp³-hybridized carbons (Fsp3) is 0.632. The second kappa shape index (κ2) is 16.4. The zero-order valence-corrected chi connectivity index (χ0v) is 31.4. The van der Waals surface area contributed by atoms with Gasteiger partial charge in [-0.3, -0.25) is 4.79 Å². The van der Waals surface area contributed by atoms with Crippen LogP contribution in [0, 0.1) is 11.7 Å². The van der Waals surface area contributed by atoms with Crippen LogP contribution < -0.4 is 5.73 Å². The lowest BCUT2D eigenvalue weighted by Gasteiger charge is -2.44. The Balaban J connectivity index is 1.34. The number of sulfonamides is 1. The highest BCUT2D eigenvalue weighted by atomic mass is 35.5. The van der Waals surface area contributed by atoms with Gasteiger partial charge in [-0.1, -0.05) is 35.9 Å². The van der Waals surface area contributed by atoms with Crippen LogP contribution in [0.5, 0.6) is 0 Å². The van der Waals surface area contributed by atoms with E-state index in [1.807, 2.05) is 31.2 Å². The predicted octanol–water partition coefficient (Wildman–Crippen LogP) is 6.64. The van der Waals surface area contributed by atoms with E-state index in [0.717, 1.165) is 31.2 Å². The van der Waals surface area contributed by atoms with Crippen molar-refractivity contribution in [3.8, 4) is 0 Å². The highest BCUT2D eigenvalue weighted by molar-refractivity contribution is 7.89. The van der Waals surface area contributed by atoms with Gasteiger partial charge in [0.25, 0.3) is 0 Å². The molecule has 2 saturated heterocycles. The number of nitrogens with two attached hydrogens (primary N) is 1. The molecule has 2 bridgehead atoms. The predicted molar refractivity (Wildman–Crippen MR) is 193 cm³/mol. The van der Waals surface area contributed by atoms with Crippen LogP contribution in [0.3, 0.4) is 0 Å². The van der Waals surface area contributed by atoms with Gasteiger partial charge >= 0.3 is 6.09 Å². The smallest absolute Gasteiger partial charge is 0.410 e. The first-order valence-electron chi connectivity index (χ1n) is 18.1. The number of hydrogen-bond donors (Lipinski definition) is 1. The minimum Gasteiger partial charge on any atom is -0.444 e. The van der Waals surface area contributed by atoms with Crippen molar-refractivity contribution in [2.75, 3.05) is 25.4 Å². The summed E-state index contributed by atoms with van der Waals surface area (Å²) >= 11 is 6.21. The molecule has 2 heterocycles. The zero-order valence-electron chi connectivity index (χ0n) is 29.8. The number of ether oxygens (including phenoxy) is 2. The molecule has 12 heteroatoms. The summed E-state index contributed by atoms with van der Waals surface area (Å²) in [6.45, 7) is 8.40. The highest BCUT2D eigenvalue weighted by Gasteiger charge is 2.44. The van der Waals surface area contributed by atoms with Crippen LogP contribution in [0.1, 0.15) is 95.2 Å². The van der Waals surface area contributed by atoms with Crippen molar-refractivity contribution < 1.29 is 31.9 Å². The number of benzene rings is 2. The van der Waals surface area contributed by atoms with E-state index in [1.54, 1.807) is 37.8 Å². The Morgan fingerprint density at radius 3 is 2.40 bits per heavy atom. The first-order valence-corrected chi connectivity index (χ1v) is 20.1. The van der Waals surface area contributed by atoms with Crippen LogP contribution >= 0.6 is 11.6 Å². The molecule has 2 aliphatic heterocycles. The molecule has 50 heavy (non-hydrogen) atoms. The molecule has 9 nitrogen and oxygen atoms in total. The van der Waals surface area contributed by atoms with Gasteiger partial charge in [0.05, 0.1) is 17.9 Å². The van der Waals surface area contributed by atoms with E-state index in [-0.39, 0.29) is 67.9 Å². The maximum Gasteiger partial charge on any atom is 0.410 e. The summed E-state index contributed by atoms with van der Waals surface area (Å²) in [5, 5.41) is 0.604. The number of piperazine rings is 1. The second-order valence-corrected chi connectivity index (χ2v) is 17.6. The molecule has 276 valence electrons. The van der Waals surface area contributed by atoms with Crippen LogP contribution in [0.4, 0.5) is 9.18 Å². The van der Waals surface area contributed by atoms with Crippen molar-refractivity contribution in [3.05, 3.63) is 70.0 Å². The molecule has 0 aromatic heterocycles. The number of carbonyl (C=O) groups excluding carboxylic acids is 2. The van der Waals surface area contributed by atoms with Crippen molar-refractivity contribution >= 4 is 33.5 Å². The number of halogens is 2. The monoisotopic (exact) mass is 733 g/mol. The Hall–Kier alpha value is -2.57. The van der Waals surface area contributed by atoms with Crippen LogP contribution in [0.2, 0.25) is 5.02 Å². The standard InChI is InChI=1S/C38H53ClFN3O6S/c1-5-48-31-18-13-26(14-19-31)35(25-11-15-28(39)16-12-25)36(41)34(44)22-27-8-6-10-33(40)32(27)20-17-30-23-42(37(45)49-38(2,3)4)29-9-7-21-50(46,47)43(30)24-29/h6,8,10-12,15-16,26,29-31,35-36H,5,7,9,13-14,17-24,41H2,1-4H3/t26?,29-,30+,31?,35+,36-/m1/s1. The SMILES string of the molecule is CCOC1CCC([C@H](c2ccc(Cl)cc2)[C@H](N)C(=O)Cc2cccc(F)c2CC[C@H]2CN(C(=O)OC(C)(C)C)[C@@H]3CCCS(=O)(=O)N2C3)CC1. The third-order valence-corrected chi connectivity index (χ3v) is 12.7. The first-order chi connectivity index (χ1) is 23.7. The molecule has 2 N–H and O–H groups in total. The number of Topliss-reactive ketones (excluding diaryl/α,β-unsaturated/α-hetero) is 1. The molecule has 1 amide bonds. The van der Waals surface area contributed by atoms with Crippen molar-refractivity contribution in [2.24, 2.45) is 11.7 Å². The van der Waals surface area contributed by atoms with E-state index in [2.05, 4.69) is 0 Å². The number of nitrogens with zero attached hydrogens (tertiary/aromatic N) is 2. The molecule has 3 fully saturated rings. The van der Waals surface area contributed by atoms with E-state index in [9.17, 15) is 18.0 Å². The third kappa shape index (κ3) is 9.45. The minimum absolute atomic E-state index is 0.00155. The molecule has 2 aromatic carbocycles. The molecule has 5 rings (SSSR count). The van der Waals surface area contributed by atoms with Gasteiger partial charge in [0.15, 0.2) is 5.78 Å². The van der Waals surface area contributed by atoms with E-state index >= 15 is 4.39 Å². The van der Waals surface area contributed by atoms with Gasteiger partial charge < -0.3 is 20.1 Å². The highest BCUT2D eigenvalue weighted by Crippen LogP contribution is 2.40. The quantitative estimate of drug-likeness (QED) is 0.275. The molecular formula is C38H53ClFN3O6S. The summed E-state index contributed by atoms with van der Waals surface area (Å²) in [5.41, 5.74) is 8.00. The van der Waals surface area contributed by atoms with Crippen LogP contribution in [0.15, 0.2) is 42.5 Å². The Kier molecular flexibility index (Phi) is 12.7. The maximum atomic E-state index is 15.6. The van der Waals surface area contributed by atoms with Crippen molar-refractivity contribution in [2.45, 2.75) is 121 Å². The number of carbonyl (C=O) groups is 2. The fourth-order valence-corrected chi connectivity index (χ4v) is 10.00. The Morgan fingerprint density at radius 2 is 1.74 bits per heavy atom. The van der Waals surface area contributed by atoms with Crippen LogP contribution in [-0.4, -0.2) is 84.8 Å². The van der Waals surface area contributed by atoms with Gasteiger partial charge in [-0.15, -0.1) is 0 Å². The van der Waals surface area contributed by atoms with E-state index in [0.29, 0.717) is 35.6 Å². The topological polar surface area (TPSA) is 119 Å². The molecule has 3 aliphatic rings. The minimum atomic E-state index is -3.56. The van der Waals surface area contributed by atoms with Gasteiger partial charge in [-0.25, -0.2) is 17.6 Å². The van der Waals surface area contributed by atoms with Crippen LogP contribution in [-0.2, 0) is 37.1 Å². The molecule has 0 radical (unpaired) electrons. The largest absolute Gasteiger partial charge is 0.444 e. The third-order valence-electron chi connectivity index (χ3n) is 10.5. The molecule has 1 saturated carbocycles. The summed E-state index contributed by atoms with van der Waals surface area (Å²) in [6, 6.07) is 10.6. The zero-order chi connectivity index (χ0) is 36.2. The van der Waals surface area contributed by atoms with Gasteiger partial charge in [-0.2, -0.15) is 4.31 Å². The number of rotatable bonds is 11. The number of hydrogen-bond acceptors (Lipinski definition) is 7. The number of ketones is 1. The van der Waals surface area contributed by atoms with Gasteiger partial charge in [0, 0.05) is 49.1 Å². The molecule has 1 unspecified atom stereocenters. The van der Waals surface area contributed by atoms with Gasteiger partial charge in [0.2, 0.25) is 10.0 Å². The Labute approximate surface area is 302 Å². The summed E-state index contributed by atoms with van der Waals surface area (Å²) in [6.07, 6.45) is 4.72. The van der Waals surface area contributed by atoms with Crippen LogP contribution in [0.25, 0.3) is 0 Å². The van der Waals surface area contributed by atoms with Gasteiger partial charge in [-0.05, 0) is 120 Å². The summed E-state index contributed by atoms with van der Waals surface area (Å²) in [7, 11) is -3.56. The second-order valence-electron chi connectivity index (χ2n) is 15.1. The number of amides is 1. The normalized spacial score (nSPS) is 26.5. The van der Waals surface area contributed by atoms with E-state index in [1.165, 1.54) is 10.4 Å². The lowest BCUT2D eigenvalue weighted by Crippen LogP contribution is -2.60. The average Bonchev–Trinajstić information content (AvgIpc) is 3.18. The lowest BCUT2D eigenvalue weighted by molar-refractivity contribution is -0.120. The first kappa shape index (κ1) is 38.7. The number of fused-ring (bicyclic) bond motifs is 2. The molecule has 5 atom stereocenters. The average molecular weight is 734 g/mol. The Morgan fingerprint density at radius 1 is 1.04 bits per heavy atom. The van der Waals surface area contributed by atoms with Crippen molar-refractivity contribution in [1.29, 1.82) is 0 Å². The molecule has 2 aromatic rings.